The van der Waals surface area contributed by atoms with Gasteiger partial charge in [0.2, 0.25) is 0 Å². The molecule has 0 saturated heterocycles. The Balaban J connectivity index is 1.32. The minimum atomic E-state index is -0.367. The van der Waals surface area contributed by atoms with E-state index >= 15 is 0 Å². The van der Waals surface area contributed by atoms with Crippen LogP contribution < -0.4 is 10.1 Å². The molecule has 0 spiro atoms. The minimum Gasteiger partial charge on any atom is -0.489 e. The van der Waals surface area contributed by atoms with Crippen molar-refractivity contribution in [2.45, 2.75) is 19.1 Å². The van der Waals surface area contributed by atoms with Crippen LogP contribution in [0.15, 0.2) is 109 Å². The first-order valence-electron chi connectivity index (χ1n) is 11.0. The summed E-state index contributed by atoms with van der Waals surface area (Å²) in [5.41, 5.74) is 4.96. The lowest BCUT2D eigenvalue weighted by Crippen LogP contribution is -2.39. The number of ether oxygens (including phenoxy) is 1. The number of nitrogens with one attached hydrogen (secondary N) is 1. The first-order valence-corrected chi connectivity index (χ1v) is 11.0. The molecule has 1 amide bonds. The lowest BCUT2D eigenvalue weighted by Gasteiger charge is -2.17. The standard InChI is InChI=1S/C29H27NO3/c31-20-27(19-22-11-13-25(14-12-22)24-9-5-2-6-10-24)30-29(32)26-15-17-28(18-16-26)33-21-23-7-3-1-4-8-23/h1-18,27,31H,19-21H2,(H,30,32)/t27-/m0/s1. The van der Waals surface area contributed by atoms with Gasteiger partial charge in [0, 0.05) is 5.56 Å². The van der Waals surface area contributed by atoms with E-state index in [0.717, 1.165) is 22.3 Å². The van der Waals surface area contributed by atoms with Crippen LogP contribution in [0.2, 0.25) is 0 Å². The SMILES string of the molecule is O=C(N[C@H](CO)Cc1ccc(-c2ccccc2)cc1)c1ccc(OCc2ccccc2)cc1. The molecular weight excluding hydrogens is 410 g/mol. The summed E-state index contributed by atoms with van der Waals surface area (Å²) < 4.78 is 5.78. The fourth-order valence-corrected chi connectivity index (χ4v) is 3.62. The minimum absolute atomic E-state index is 0.134. The van der Waals surface area contributed by atoms with Crippen LogP contribution in [-0.2, 0) is 13.0 Å². The van der Waals surface area contributed by atoms with E-state index < -0.39 is 0 Å². The van der Waals surface area contributed by atoms with E-state index in [2.05, 4.69) is 29.6 Å². The van der Waals surface area contributed by atoms with Crippen molar-refractivity contribution in [3.05, 3.63) is 126 Å². The molecule has 0 aliphatic carbocycles. The number of aliphatic hydroxyl groups is 1. The van der Waals surface area contributed by atoms with Gasteiger partial charge < -0.3 is 15.2 Å². The second-order valence-electron chi connectivity index (χ2n) is 7.92. The number of hydrogen-bond donors (Lipinski definition) is 2. The third-order valence-electron chi connectivity index (χ3n) is 5.46. The van der Waals surface area contributed by atoms with Crippen LogP contribution in [0.3, 0.4) is 0 Å². The van der Waals surface area contributed by atoms with Crippen LogP contribution in [0, 0.1) is 0 Å². The summed E-state index contributed by atoms with van der Waals surface area (Å²) in [5, 5.41) is 12.7. The average Bonchev–Trinajstić information content (AvgIpc) is 2.89. The number of hydrogen-bond acceptors (Lipinski definition) is 3. The van der Waals surface area contributed by atoms with Crippen molar-refractivity contribution in [3.63, 3.8) is 0 Å². The molecule has 166 valence electrons. The van der Waals surface area contributed by atoms with Gasteiger partial charge in [-0.15, -0.1) is 0 Å². The normalized spacial score (nSPS) is 11.5. The molecule has 4 heteroatoms. The molecule has 0 radical (unpaired) electrons. The summed E-state index contributed by atoms with van der Waals surface area (Å²) in [7, 11) is 0. The van der Waals surface area contributed by atoms with Gasteiger partial charge in [-0.25, -0.2) is 0 Å². The zero-order valence-corrected chi connectivity index (χ0v) is 18.4. The molecule has 1 atom stereocenters. The van der Waals surface area contributed by atoms with Gasteiger partial charge in [-0.3, -0.25) is 4.79 Å². The van der Waals surface area contributed by atoms with Gasteiger partial charge in [0.05, 0.1) is 12.6 Å². The van der Waals surface area contributed by atoms with E-state index in [1.165, 1.54) is 0 Å². The molecule has 0 aliphatic rings. The van der Waals surface area contributed by atoms with Crippen molar-refractivity contribution >= 4 is 5.91 Å². The first kappa shape index (κ1) is 22.3. The molecule has 2 N–H and O–H groups in total. The van der Waals surface area contributed by atoms with Crippen LogP contribution in [0.1, 0.15) is 21.5 Å². The molecule has 4 rings (SSSR count). The zero-order chi connectivity index (χ0) is 22.9. The van der Waals surface area contributed by atoms with Gasteiger partial charge in [0.1, 0.15) is 12.4 Å². The Morgan fingerprint density at radius 2 is 1.33 bits per heavy atom. The predicted octanol–water partition coefficient (Wildman–Crippen LogP) is 5.27. The fourth-order valence-electron chi connectivity index (χ4n) is 3.62. The maximum Gasteiger partial charge on any atom is 0.251 e. The van der Waals surface area contributed by atoms with Crippen LogP contribution in [0.5, 0.6) is 5.75 Å². The topological polar surface area (TPSA) is 58.6 Å². The van der Waals surface area contributed by atoms with E-state index in [1.54, 1.807) is 24.3 Å². The molecule has 0 unspecified atom stereocenters. The molecular formula is C29H27NO3. The third-order valence-corrected chi connectivity index (χ3v) is 5.46. The van der Waals surface area contributed by atoms with Crippen molar-refractivity contribution in [2.75, 3.05) is 6.61 Å². The van der Waals surface area contributed by atoms with Gasteiger partial charge in [-0.2, -0.15) is 0 Å². The summed E-state index contributed by atoms with van der Waals surface area (Å²) in [6.45, 7) is 0.340. The van der Waals surface area contributed by atoms with Crippen molar-refractivity contribution < 1.29 is 14.6 Å². The van der Waals surface area contributed by atoms with Crippen molar-refractivity contribution in [2.24, 2.45) is 0 Å². The van der Waals surface area contributed by atoms with E-state index in [1.807, 2.05) is 60.7 Å². The number of carbonyl (C=O) groups is 1. The molecule has 0 fully saturated rings. The third kappa shape index (κ3) is 6.31. The van der Waals surface area contributed by atoms with Gasteiger partial charge in [-0.1, -0.05) is 84.9 Å². The largest absolute Gasteiger partial charge is 0.489 e. The Morgan fingerprint density at radius 1 is 0.727 bits per heavy atom. The fraction of sp³-hybridized carbons (Fsp3) is 0.138. The highest BCUT2D eigenvalue weighted by Crippen LogP contribution is 2.20. The van der Waals surface area contributed by atoms with Crippen molar-refractivity contribution in [1.29, 1.82) is 0 Å². The predicted molar refractivity (Wildman–Crippen MR) is 131 cm³/mol. The molecule has 0 aliphatic heterocycles. The second kappa shape index (κ2) is 11.1. The molecule has 4 nitrogen and oxygen atoms in total. The Kier molecular flexibility index (Phi) is 7.52. The first-order chi connectivity index (χ1) is 16.2. The van der Waals surface area contributed by atoms with E-state index in [0.29, 0.717) is 24.3 Å². The molecule has 33 heavy (non-hydrogen) atoms. The monoisotopic (exact) mass is 437 g/mol. The van der Waals surface area contributed by atoms with E-state index in [-0.39, 0.29) is 18.6 Å². The molecule has 0 heterocycles. The highest BCUT2D eigenvalue weighted by Gasteiger charge is 2.14. The van der Waals surface area contributed by atoms with E-state index in [4.69, 9.17) is 4.74 Å². The van der Waals surface area contributed by atoms with Gasteiger partial charge >= 0.3 is 0 Å². The maximum atomic E-state index is 12.7. The second-order valence-corrected chi connectivity index (χ2v) is 7.92. The van der Waals surface area contributed by atoms with Gasteiger partial charge in [0.25, 0.3) is 5.91 Å². The number of benzene rings is 4. The van der Waals surface area contributed by atoms with Crippen LogP contribution in [0.4, 0.5) is 0 Å². The molecule has 0 aromatic heterocycles. The summed E-state index contributed by atoms with van der Waals surface area (Å²) in [6, 6.07) is 35.0. The van der Waals surface area contributed by atoms with Crippen molar-refractivity contribution in [1.82, 2.24) is 5.32 Å². The molecule has 4 aromatic carbocycles. The quantitative estimate of drug-likeness (QED) is 0.375. The number of amides is 1. The number of rotatable bonds is 9. The smallest absolute Gasteiger partial charge is 0.251 e. The van der Waals surface area contributed by atoms with Crippen LogP contribution in [0.25, 0.3) is 11.1 Å². The summed E-state index contributed by atoms with van der Waals surface area (Å²) >= 11 is 0. The lowest BCUT2D eigenvalue weighted by atomic mass is 10.0. The Bertz CT molecular complexity index is 1140. The van der Waals surface area contributed by atoms with E-state index in [9.17, 15) is 9.90 Å². The van der Waals surface area contributed by atoms with Crippen molar-refractivity contribution in [3.8, 4) is 16.9 Å². The van der Waals surface area contributed by atoms with Gasteiger partial charge in [0.15, 0.2) is 0 Å². The number of carbonyl (C=O) groups excluding carboxylic acids is 1. The Hall–Kier alpha value is -3.89. The summed E-state index contributed by atoms with van der Waals surface area (Å²) in [5.74, 6) is 0.484. The summed E-state index contributed by atoms with van der Waals surface area (Å²) in [6.07, 6.45) is 0.551. The Morgan fingerprint density at radius 3 is 1.97 bits per heavy atom. The molecule has 0 bridgehead atoms. The Labute approximate surface area is 194 Å². The van der Waals surface area contributed by atoms with Gasteiger partial charge in [-0.05, 0) is 52.9 Å². The summed E-state index contributed by atoms with van der Waals surface area (Å²) in [4.78, 5) is 12.7. The molecule has 4 aromatic rings. The molecule has 0 saturated carbocycles. The zero-order valence-electron chi connectivity index (χ0n) is 18.4. The highest BCUT2D eigenvalue weighted by atomic mass is 16.5. The average molecular weight is 438 g/mol. The lowest BCUT2D eigenvalue weighted by molar-refractivity contribution is 0.0916. The number of aliphatic hydroxyl groups excluding tert-OH is 1. The highest BCUT2D eigenvalue weighted by molar-refractivity contribution is 5.94. The maximum absolute atomic E-state index is 12.7. The van der Waals surface area contributed by atoms with Crippen LogP contribution in [-0.4, -0.2) is 23.7 Å². The van der Waals surface area contributed by atoms with Crippen LogP contribution >= 0.6 is 0 Å².